The number of pyridine rings is 2. The highest BCUT2D eigenvalue weighted by atomic mass is 32.1. The number of aromatic nitrogens is 4. The van der Waals surface area contributed by atoms with E-state index in [1.54, 1.807) is 19.2 Å². The van der Waals surface area contributed by atoms with E-state index < -0.39 is 6.10 Å². The van der Waals surface area contributed by atoms with Gasteiger partial charge in [0, 0.05) is 37.1 Å². The van der Waals surface area contributed by atoms with Crippen molar-refractivity contribution in [1.82, 2.24) is 19.9 Å². The molecular formula is C24H27N7O3S. The Hall–Kier alpha value is -3.57. The van der Waals surface area contributed by atoms with Crippen molar-refractivity contribution >= 4 is 44.2 Å². The topological polar surface area (TPSA) is 129 Å². The SMILES string of the molecule is Cc1cc(-c2nc(C(=O)Nc3cc4sc(NC[C@H](C)O)nc4nc3N3CCCCC3)co2)ccn1. The van der Waals surface area contributed by atoms with Gasteiger partial charge in [0.25, 0.3) is 5.91 Å². The molecule has 0 radical (unpaired) electrons. The van der Waals surface area contributed by atoms with Crippen molar-refractivity contribution in [3.05, 3.63) is 42.0 Å². The van der Waals surface area contributed by atoms with Gasteiger partial charge in [0.15, 0.2) is 22.3 Å². The van der Waals surface area contributed by atoms with Crippen molar-refractivity contribution in [2.45, 2.75) is 39.2 Å². The number of rotatable bonds is 7. The predicted molar refractivity (Wildman–Crippen MR) is 136 cm³/mol. The Morgan fingerprint density at radius 2 is 2.06 bits per heavy atom. The highest BCUT2D eigenvalue weighted by molar-refractivity contribution is 7.22. The van der Waals surface area contributed by atoms with Gasteiger partial charge in [-0.25, -0.2) is 15.0 Å². The summed E-state index contributed by atoms with van der Waals surface area (Å²) in [6.07, 6.45) is 5.88. The first-order valence-corrected chi connectivity index (χ1v) is 12.5. The summed E-state index contributed by atoms with van der Waals surface area (Å²) in [5.41, 5.74) is 3.00. The number of fused-ring (bicyclic) bond motifs is 1. The van der Waals surface area contributed by atoms with E-state index in [1.807, 2.05) is 19.1 Å². The highest BCUT2D eigenvalue weighted by Gasteiger charge is 2.22. The van der Waals surface area contributed by atoms with Crippen LogP contribution in [0.5, 0.6) is 0 Å². The van der Waals surface area contributed by atoms with Crippen molar-refractivity contribution in [3.8, 4) is 11.5 Å². The van der Waals surface area contributed by atoms with E-state index in [2.05, 4.69) is 30.5 Å². The van der Waals surface area contributed by atoms with E-state index in [0.29, 0.717) is 34.7 Å². The van der Waals surface area contributed by atoms with Crippen molar-refractivity contribution < 1.29 is 14.3 Å². The van der Waals surface area contributed by atoms with Crippen molar-refractivity contribution in [3.63, 3.8) is 0 Å². The number of amides is 1. The molecule has 35 heavy (non-hydrogen) atoms. The summed E-state index contributed by atoms with van der Waals surface area (Å²) < 4.78 is 6.40. The molecule has 1 amide bonds. The Labute approximate surface area is 206 Å². The van der Waals surface area contributed by atoms with Gasteiger partial charge in [0.05, 0.1) is 16.5 Å². The summed E-state index contributed by atoms with van der Waals surface area (Å²) in [5.74, 6) is 0.690. The minimum absolute atomic E-state index is 0.183. The number of anilines is 3. The number of hydrogen-bond acceptors (Lipinski definition) is 10. The first-order chi connectivity index (χ1) is 17.0. The summed E-state index contributed by atoms with van der Waals surface area (Å²) in [6, 6.07) is 5.55. The van der Waals surface area contributed by atoms with Crippen LogP contribution in [0.3, 0.4) is 0 Å². The molecule has 11 heteroatoms. The minimum atomic E-state index is -0.489. The monoisotopic (exact) mass is 493 g/mol. The molecule has 1 aliphatic heterocycles. The van der Waals surface area contributed by atoms with Gasteiger partial charge in [-0.15, -0.1) is 0 Å². The molecule has 5 heterocycles. The van der Waals surface area contributed by atoms with Crippen LogP contribution in [0.1, 0.15) is 42.4 Å². The molecule has 0 unspecified atom stereocenters. The second-order valence-electron chi connectivity index (χ2n) is 8.66. The minimum Gasteiger partial charge on any atom is -0.444 e. The lowest BCUT2D eigenvalue weighted by Crippen LogP contribution is -2.31. The number of carbonyl (C=O) groups excluding carboxylic acids is 1. The number of carbonyl (C=O) groups is 1. The zero-order valence-corrected chi connectivity index (χ0v) is 20.4. The largest absolute Gasteiger partial charge is 0.444 e. The van der Waals surface area contributed by atoms with Crippen molar-refractivity contribution in [2.24, 2.45) is 0 Å². The smallest absolute Gasteiger partial charge is 0.277 e. The third-order valence-corrected chi connectivity index (χ3v) is 6.64. The van der Waals surface area contributed by atoms with Gasteiger partial charge in [-0.2, -0.15) is 0 Å². The van der Waals surface area contributed by atoms with E-state index >= 15 is 0 Å². The maximum absolute atomic E-state index is 13.1. The molecule has 0 saturated carbocycles. The standard InChI is InChI=1S/C24H27N7O3S/c1-14-10-16(6-7-25-14)23-28-18(13-34-23)22(33)27-17-11-19-20(30-24(35-19)26-12-15(2)32)29-21(17)31-8-4-3-5-9-31/h6-7,10-11,13,15,32H,3-5,8-9,12H2,1-2H3,(H,27,33)(H,26,29,30)/t15-/m0/s1. The van der Waals surface area contributed by atoms with E-state index in [4.69, 9.17) is 9.40 Å². The molecule has 0 spiro atoms. The fourth-order valence-corrected chi connectivity index (χ4v) is 4.83. The van der Waals surface area contributed by atoms with Gasteiger partial charge in [0.2, 0.25) is 5.89 Å². The van der Waals surface area contributed by atoms with E-state index in [0.717, 1.165) is 41.9 Å². The Balaban J connectivity index is 1.44. The zero-order chi connectivity index (χ0) is 24.4. The number of aliphatic hydroxyl groups is 1. The number of aliphatic hydroxyl groups excluding tert-OH is 1. The molecule has 3 N–H and O–H groups in total. The highest BCUT2D eigenvalue weighted by Crippen LogP contribution is 2.34. The van der Waals surface area contributed by atoms with E-state index in [9.17, 15) is 9.90 Å². The fraction of sp³-hybridized carbons (Fsp3) is 0.375. The Bertz CT molecular complexity index is 1340. The maximum Gasteiger partial charge on any atom is 0.277 e. The second kappa shape index (κ2) is 9.96. The van der Waals surface area contributed by atoms with Gasteiger partial charge < -0.3 is 25.1 Å². The third kappa shape index (κ3) is 5.25. The molecule has 4 aromatic rings. The van der Waals surface area contributed by atoms with Crippen LogP contribution in [0.25, 0.3) is 21.8 Å². The second-order valence-corrected chi connectivity index (χ2v) is 9.69. The van der Waals surface area contributed by atoms with Gasteiger partial charge >= 0.3 is 0 Å². The zero-order valence-electron chi connectivity index (χ0n) is 19.6. The summed E-state index contributed by atoms with van der Waals surface area (Å²) in [6.45, 7) is 5.73. The first-order valence-electron chi connectivity index (χ1n) is 11.6. The van der Waals surface area contributed by atoms with Crippen LogP contribution < -0.4 is 15.5 Å². The number of oxazole rings is 1. The summed E-state index contributed by atoms with van der Waals surface area (Å²) in [4.78, 5) is 33.3. The van der Waals surface area contributed by atoms with Crippen LogP contribution in [-0.2, 0) is 0 Å². The van der Waals surface area contributed by atoms with Gasteiger partial charge in [-0.05, 0) is 51.3 Å². The number of piperidine rings is 1. The molecule has 182 valence electrons. The average molecular weight is 494 g/mol. The fourth-order valence-electron chi connectivity index (χ4n) is 3.98. The number of nitrogens with zero attached hydrogens (tertiary/aromatic N) is 5. The molecule has 0 aromatic carbocycles. The van der Waals surface area contributed by atoms with Crippen molar-refractivity contribution in [2.75, 3.05) is 35.2 Å². The van der Waals surface area contributed by atoms with Gasteiger partial charge in [-0.1, -0.05) is 11.3 Å². The van der Waals surface area contributed by atoms with E-state index in [1.165, 1.54) is 24.0 Å². The average Bonchev–Trinajstić information content (AvgIpc) is 3.50. The molecule has 1 fully saturated rings. The molecule has 5 rings (SSSR count). The van der Waals surface area contributed by atoms with Gasteiger partial charge in [-0.3, -0.25) is 9.78 Å². The van der Waals surface area contributed by atoms with E-state index in [-0.39, 0.29) is 11.6 Å². The maximum atomic E-state index is 13.1. The molecule has 1 saturated heterocycles. The van der Waals surface area contributed by atoms with Crippen LogP contribution in [0.15, 0.2) is 35.1 Å². The van der Waals surface area contributed by atoms with Crippen molar-refractivity contribution in [1.29, 1.82) is 0 Å². The van der Waals surface area contributed by atoms with Crippen LogP contribution in [-0.4, -0.2) is 56.7 Å². The molecule has 4 aromatic heterocycles. The van der Waals surface area contributed by atoms with Gasteiger partial charge in [0.1, 0.15) is 6.26 Å². The summed E-state index contributed by atoms with van der Waals surface area (Å²) in [5, 5.41) is 16.4. The lowest BCUT2D eigenvalue weighted by atomic mass is 10.1. The Morgan fingerprint density at radius 1 is 1.23 bits per heavy atom. The number of aryl methyl sites for hydroxylation is 1. The number of nitrogens with one attached hydrogen (secondary N) is 2. The number of hydrogen-bond donors (Lipinski definition) is 3. The third-order valence-electron chi connectivity index (χ3n) is 5.70. The molecule has 1 aliphatic rings. The normalized spacial score (nSPS) is 14.8. The summed E-state index contributed by atoms with van der Waals surface area (Å²) >= 11 is 1.43. The molecule has 10 nitrogen and oxygen atoms in total. The molecule has 0 aliphatic carbocycles. The molecule has 1 atom stereocenters. The Kier molecular flexibility index (Phi) is 6.60. The lowest BCUT2D eigenvalue weighted by Gasteiger charge is -2.29. The first kappa shape index (κ1) is 23.2. The van der Waals surface area contributed by atoms with Crippen LogP contribution >= 0.6 is 11.3 Å². The molecule has 0 bridgehead atoms. The summed E-state index contributed by atoms with van der Waals surface area (Å²) in [7, 11) is 0. The van der Waals surface area contributed by atoms with Crippen LogP contribution in [0.4, 0.5) is 16.6 Å². The van der Waals surface area contributed by atoms with Crippen LogP contribution in [0, 0.1) is 6.92 Å². The molecular weight excluding hydrogens is 466 g/mol. The lowest BCUT2D eigenvalue weighted by molar-refractivity contribution is 0.102. The van der Waals surface area contributed by atoms with Crippen LogP contribution in [0.2, 0.25) is 0 Å². The Morgan fingerprint density at radius 3 is 2.83 bits per heavy atom. The predicted octanol–water partition coefficient (Wildman–Crippen LogP) is 4.09. The number of thiazole rings is 1. The quantitative estimate of drug-likeness (QED) is 0.349.